The molecule has 1 rings (SSSR count). The van der Waals surface area contributed by atoms with Crippen molar-refractivity contribution in [1.29, 1.82) is 0 Å². The van der Waals surface area contributed by atoms with Gasteiger partial charge >= 0.3 is 12.1 Å². The maximum Gasteiger partial charge on any atom is 0.414 e. The van der Waals surface area contributed by atoms with Gasteiger partial charge in [-0.2, -0.15) is 13.2 Å². The van der Waals surface area contributed by atoms with Crippen LogP contribution >= 0.6 is 0 Å². The van der Waals surface area contributed by atoms with E-state index in [-0.39, 0.29) is 19.4 Å². The van der Waals surface area contributed by atoms with Crippen LogP contribution < -0.4 is 0 Å². The lowest BCUT2D eigenvalue weighted by atomic mass is 9.91. The van der Waals surface area contributed by atoms with Crippen LogP contribution in [0.25, 0.3) is 0 Å². The highest BCUT2D eigenvalue weighted by atomic mass is 19.4. The van der Waals surface area contributed by atoms with Crippen molar-refractivity contribution >= 4 is 5.97 Å². The molecule has 1 atom stereocenters. The Morgan fingerprint density at radius 3 is 2.41 bits per heavy atom. The van der Waals surface area contributed by atoms with Crippen molar-refractivity contribution in [3.63, 3.8) is 0 Å². The molecule has 0 bridgehead atoms. The van der Waals surface area contributed by atoms with Gasteiger partial charge in [0, 0.05) is 0 Å². The quantitative estimate of drug-likeness (QED) is 0.758. The number of piperidine rings is 1. The molecule has 1 N–H and O–H groups in total. The van der Waals surface area contributed by atoms with E-state index in [2.05, 4.69) is 4.74 Å². The van der Waals surface area contributed by atoms with Crippen LogP contribution in [-0.2, 0) is 9.53 Å². The summed E-state index contributed by atoms with van der Waals surface area (Å²) in [5.41, 5.74) is 0. The zero-order valence-electron chi connectivity index (χ0n) is 9.54. The summed E-state index contributed by atoms with van der Waals surface area (Å²) in [6, 6.07) is 0. The summed E-state index contributed by atoms with van der Waals surface area (Å²) in [5, 5.41) is 9.09. The third-order valence-corrected chi connectivity index (χ3v) is 2.99. The molecule has 0 aromatic heterocycles. The zero-order chi connectivity index (χ0) is 13.1. The number of hydrogen-bond donors (Lipinski definition) is 1. The average Bonchev–Trinajstić information content (AvgIpc) is 2.27. The van der Waals surface area contributed by atoms with Crippen LogP contribution in [0.1, 0.15) is 12.8 Å². The monoisotopic (exact) mass is 255 g/mol. The first-order chi connectivity index (χ1) is 7.84. The van der Waals surface area contributed by atoms with E-state index < -0.39 is 24.2 Å². The summed E-state index contributed by atoms with van der Waals surface area (Å²) in [4.78, 5) is 12.7. The molecule has 1 aliphatic rings. The Kier molecular flexibility index (Phi) is 4.76. The molecule has 0 amide bonds. The van der Waals surface area contributed by atoms with Crippen LogP contribution in [0.5, 0.6) is 0 Å². The number of hydrogen-bond acceptors (Lipinski definition) is 4. The van der Waals surface area contributed by atoms with E-state index >= 15 is 0 Å². The van der Waals surface area contributed by atoms with Crippen molar-refractivity contribution in [2.24, 2.45) is 5.92 Å². The summed E-state index contributed by atoms with van der Waals surface area (Å²) >= 11 is 0. The molecule has 0 aromatic rings. The van der Waals surface area contributed by atoms with Crippen LogP contribution in [0.4, 0.5) is 13.2 Å². The van der Waals surface area contributed by atoms with E-state index in [1.807, 2.05) is 0 Å². The van der Waals surface area contributed by atoms with Crippen LogP contribution in [0.3, 0.4) is 0 Å². The Balaban J connectivity index is 2.38. The Bertz CT molecular complexity index is 262. The second-order valence-corrected chi connectivity index (χ2v) is 4.18. The molecule has 1 unspecified atom stereocenters. The number of methoxy groups -OCH3 is 1. The molecular weight excluding hydrogens is 239 g/mol. The molecule has 0 radical (unpaired) electrons. The molecule has 1 saturated heterocycles. The fraction of sp³-hybridized carbons (Fsp3) is 0.900. The molecule has 4 nitrogen and oxygen atoms in total. The van der Waals surface area contributed by atoms with Crippen molar-refractivity contribution in [3.05, 3.63) is 0 Å². The normalized spacial score (nSPS) is 21.2. The van der Waals surface area contributed by atoms with Crippen LogP contribution in [-0.4, -0.2) is 55.0 Å². The van der Waals surface area contributed by atoms with Gasteiger partial charge in [0.15, 0.2) is 6.10 Å². The predicted octanol–water partition coefficient (Wildman–Crippen LogP) is 0.795. The number of carbonyl (C=O) groups is 1. The molecule has 0 saturated carbocycles. The first-order valence-corrected chi connectivity index (χ1v) is 5.38. The van der Waals surface area contributed by atoms with Crippen LogP contribution in [0.15, 0.2) is 0 Å². The maximum absolute atomic E-state index is 12.3. The number of likely N-dealkylation sites (tertiary alicyclic amines) is 1. The number of carbonyl (C=O) groups excluding carboxylic acids is 1. The number of esters is 1. The molecule has 0 spiro atoms. The molecule has 0 aromatic carbocycles. The van der Waals surface area contributed by atoms with Crippen molar-refractivity contribution < 1.29 is 27.8 Å². The summed E-state index contributed by atoms with van der Waals surface area (Å²) in [5.74, 6) is -1.18. The second kappa shape index (κ2) is 5.68. The fourth-order valence-electron chi connectivity index (χ4n) is 1.94. The van der Waals surface area contributed by atoms with Crippen molar-refractivity contribution in [2.45, 2.75) is 25.1 Å². The summed E-state index contributed by atoms with van der Waals surface area (Å²) in [7, 11) is 1.27. The lowest BCUT2D eigenvalue weighted by molar-refractivity contribution is -0.223. The topological polar surface area (TPSA) is 49.8 Å². The van der Waals surface area contributed by atoms with Crippen molar-refractivity contribution in [3.8, 4) is 0 Å². The van der Waals surface area contributed by atoms with Crippen LogP contribution in [0.2, 0.25) is 0 Å². The second-order valence-electron chi connectivity index (χ2n) is 4.18. The molecule has 100 valence electrons. The molecule has 7 heteroatoms. The molecule has 1 aliphatic heterocycles. The van der Waals surface area contributed by atoms with Gasteiger partial charge in [0.2, 0.25) is 0 Å². The van der Waals surface area contributed by atoms with Gasteiger partial charge in [-0.15, -0.1) is 0 Å². The third-order valence-electron chi connectivity index (χ3n) is 2.99. The SMILES string of the molecule is COC(=O)CN1CCC(C(O)C(F)(F)F)CC1. The third kappa shape index (κ3) is 4.16. The van der Waals surface area contributed by atoms with E-state index in [0.717, 1.165) is 0 Å². The number of rotatable bonds is 3. The largest absolute Gasteiger partial charge is 0.468 e. The number of aliphatic hydroxyl groups excluding tert-OH is 1. The van der Waals surface area contributed by atoms with Gasteiger partial charge in [-0.05, 0) is 31.8 Å². The van der Waals surface area contributed by atoms with Gasteiger partial charge in [0.05, 0.1) is 13.7 Å². The average molecular weight is 255 g/mol. The lowest BCUT2D eigenvalue weighted by Crippen LogP contribution is -2.44. The summed E-state index contributed by atoms with van der Waals surface area (Å²) in [6.45, 7) is 0.825. The van der Waals surface area contributed by atoms with Crippen molar-refractivity contribution in [2.75, 3.05) is 26.7 Å². The van der Waals surface area contributed by atoms with Gasteiger partial charge in [0.1, 0.15) is 0 Å². The lowest BCUT2D eigenvalue weighted by Gasteiger charge is -2.34. The zero-order valence-corrected chi connectivity index (χ0v) is 9.54. The molecule has 1 fully saturated rings. The minimum Gasteiger partial charge on any atom is -0.468 e. The smallest absolute Gasteiger partial charge is 0.414 e. The van der Waals surface area contributed by atoms with E-state index in [9.17, 15) is 18.0 Å². The van der Waals surface area contributed by atoms with Gasteiger partial charge in [-0.3, -0.25) is 9.69 Å². The number of nitrogens with zero attached hydrogens (tertiary/aromatic N) is 1. The van der Waals surface area contributed by atoms with E-state index in [1.54, 1.807) is 4.90 Å². The molecule has 1 heterocycles. The van der Waals surface area contributed by atoms with Gasteiger partial charge in [0.25, 0.3) is 0 Å². The Morgan fingerprint density at radius 1 is 1.47 bits per heavy atom. The highest BCUT2D eigenvalue weighted by Gasteiger charge is 2.44. The minimum atomic E-state index is -4.56. The molecular formula is C10H16F3NO3. The number of aliphatic hydroxyl groups is 1. The van der Waals surface area contributed by atoms with Gasteiger partial charge in [-0.25, -0.2) is 0 Å². The van der Waals surface area contributed by atoms with Gasteiger partial charge in [-0.1, -0.05) is 0 Å². The van der Waals surface area contributed by atoms with E-state index in [0.29, 0.717) is 13.1 Å². The van der Waals surface area contributed by atoms with Gasteiger partial charge < -0.3 is 9.84 Å². The van der Waals surface area contributed by atoms with E-state index in [1.165, 1.54) is 7.11 Å². The molecule has 0 aliphatic carbocycles. The van der Waals surface area contributed by atoms with E-state index in [4.69, 9.17) is 5.11 Å². The number of halogens is 3. The number of ether oxygens (including phenoxy) is 1. The standard InChI is InChI=1S/C10H16F3NO3/c1-17-8(15)6-14-4-2-7(3-5-14)9(16)10(11,12)13/h7,9,16H,2-6H2,1H3. The minimum absolute atomic E-state index is 0.0886. The summed E-state index contributed by atoms with van der Waals surface area (Å²) in [6.07, 6.45) is -6.35. The highest BCUT2D eigenvalue weighted by Crippen LogP contribution is 2.31. The Hall–Kier alpha value is -0.820. The first-order valence-electron chi connectivity index (χ1n) is 5.38. The van der Waals surface area contributed by atoms with Crippen molar-refractivity contribution in [1.82, 2.24) is 4.90 Å². The van der Waals surface area contributed by atoms with Crippen LogP contribution in [0, 0.1) is 5.92 Å². The predicted molar refractivity (Wildman–Crippen MR) is 53.2 cm³/mol. The molecule has 17 heavy (non-hydrogen) atoms. The Labute approximate surface area is 97.3 Å². The number of alkyl halides is 3. The maximum atomic E-state index is 12.3. The summed E-state index contributed by atoms with van der Waals surface area (Å²) < 4.78 is 41.2. The fourth-order valence-corrected chi connectivity index (χ4v) is 1.94. The first kappa shape index (κ1) is 14.2. The highest BCUT2D eigenvalue weighted by molar-refractivity contribution is 5.71. The Morgan fingerprint density at radius 2 is 2.00 bits per heavy atom.